The summed E-state index contributed by atoms with van der Waals surface area (Å²) in [7, 11) is 2.18. The minimum Gasteiger partial charge on any atom is -0.449 e. The van der Waals surface area contributed by atoms with E-state index in [9.17, 15) is 4.79 Å². The van der Waals surface area contributed by atoms with Crippen LogP contribution in [-0.2, 0) is 18.0 Å². The van der Waals surface area contributed by atoms with Gasteiger partial charge in [-0.2, -0.15) is 0 Å². The van der Waals surface area contributed by atoms with Crippen molar-refractivity contribution < 1.29 is 22.8 Å². The van der Waals surface area contributed by atoms with E-state index < -0.39 is 14.9 Å². The summed E-state index contributed by atoms with van der Waals surface area (Å²) < 4.78 is 21.1. The van der Waals surface area contributed by atoms with Crippen LogP contribution in [0.1, 0.15) is 46.5 Å². The van der Waals surface area contributed by atoms with E-state index in [1.165, 1.54) is 11.1 Å². The highest BCUT2D eigenvalue weighted by Crippen LogP contribution is 2.14. The quantitative estimate of drug-likeness (QED) is 0.299. The van der Waals surface area contributed by atoms with Crippen molar-refractivity contribution in [3.8, 4) is 0 Å². The largest absolute Gasteiger partial charge is 0.500 e. The first-order chi connectivity index (χ1) is 11.9. The second kappa shape index (κ2) is 14.1. The van der Waals surface area contributed by atoms with Crippen molar-refractivity contribution >= 4 is 14.9 Å². The lowest BCUT2D eigenvalue weighted by molar-refractivity contribution is 0.122. The average molecular weight is 374 g/mol. The van der Waals surface area contributed by atoms with E-state index in [0.717, 1.165) is 19.3 Å². The van der Waals surface area contributed by atoms with E-state index in [0.29, 0.717) is 25.6 Å². The van der Waals surface area contributed by atoms with Crippen molar-refractivity contribution in [1.82, 2.24) is 5.32 Å². The molecule has 0 heterocycles. The molecule has 0 atom stereocenters. The van der Waals surface area contributed by atoms with Crippen LogP contribution in [0.25, 0.3) is 0 Å². The summed E-state index contributed by atoms with van der Waals surface area (Å²) in [5, 5.41) is 2.73. The summed E-state index contributed by atoms with van der Waals surface area (Å²) in [6, 6.07) is 0.643. The number of carbonyl (C=O) groups excluding carboxylic acids is 1. The van der Waals surface area contributed by atoms with E-state index in [4.69, 9.17) is 18.0 Å². The number of nitrogens with one attached hydrogen (secondary N) is 1. The SMILES string of the molecule is CO[Si](CCCNC(=O)OCCC=C(C)CCC=C(C)C)(OC)OC. The number of ether oxygens (including phenoxy) is 1. The van der Waals surface area contributed by atoms with Crippen molar-refractivity contribution in [3.05, 3.63) is 23.3 Å². The number of hydrogen-bond donors (Lipinski definition) is 1. The van der Waals surface area contributed by atoms with Crippen LogP contribution >= 0.6 is 0 Å². The second-order valence-corrected chi connectivity index (χ2v) is 9.21. The molecule has 0 aromatic carbocycles. The van der Waals surface area contributed by atoms with E-state index in [2.05, 4.69) is 38.2 Å². The lowest BCUT2D eigenvalue weighted by Gasteiger charge is -2.24. The number of amides is 1. The van der Waals surface area contributed by atoms with Crippen LogP contribution in [0.5, 0.6) is 0 Å². The van der Waals surface area contributed by atoms with Gasteiger partial charge in [0.1, 0.15) is 0 Å². The van der Waals surface area contributed by atoms with E-state index in [-0.39, 0.29) is 0 Å². The molecule has 0 bridgehead atoms. The normalized spacial score (nSPS) is 12.0. The summed E-state index contributed by atoms with van der Waals surface area (Å²) in [5.41, 5.74) is 2.66. The molecule has 0 aliphatic rings. The van der Waals surface area contributed by atoms with Crippen LogP contribution in [-0.4, -0.2) is 49.4 Å². The van der Waals surface area contributed by atoms with Gasteiger partial charge in [0.15, 0.2) is 0 Å². The van der Waals surface area contributed by atoms with Gasteiger partial charge in [-0.25, -0.2) is 4.79 Å². The van der Waals surface area contributed by atoms with Crippen LogP contribution in [0.4, 0.5) is 4.79 Å². The smallest absolute Gasteiger partial charge is 0.449 e. The van der Waals surface area contributed by atoms with Gasteiger partial charge in [0, 0.05) is 33.9 Å². The Morgan fingerprint density at radius 2 is 1.64 bits per heavy atom. The average Bonchev–Trinajstić information content (AvgIpc) is 2.59. The fraction of sp³-hybridized carbons (Fsp3) is 0.722. The third kappa shape index (κ3) is 11.9. The summed E-state index contributed by atoms with van der Waals surface area (Å²) in [5.74, 6) is 0. The van der Waals surface area contributed by atoms with Gasteiger partial charge in [-0.1, -0.05) is 23.3 Å². The maximum Gasteiger partial charge on any atom is 0.500 e. The molecule has 0 aromatic rings. The molecule has 0 saturated heterocycles. The Bertz CT molecular complexity index is 421. The fourth-order valence-corrected chi connectivity index (χ4v) is 3.97. The van der Waals surface area contributed by atoms with Crippen LogP contribution in [0.15, 0.2) is 23.3 Å². The molecule has 0 aliphatic carbocycles. The first-order valence-corrected chi connectivity index (χ1v) is 10.7. The van der Waals surface area contributed by atoms with Gasteiger partial charge in [-0.3, -0.25) is 0 Å². The number of alkyl carbamates (subject to hydrolysis) is 1. The second-order valence-electron chi connectivity index (χ2n) is 6.12. The summed E-state index contributed by atoms with van der Waals surface area (Å²) in [6.45, 7) is 7.21. The zero-order valence-corrected chi connectivity index (χ0v) is 17.6. The van der Waals surface area contributed by atoms with Gasteiger partial charge in [0.25, 0.3) is 0 Å². The Balaban J connectivity index is 3.82. The van der Waals surface area contributed by atoms with Crippen molar-refractivity contribution in [2.75, 3.05) is 34.5 Å². The molecule has 1 N–H and O–H groups in total. The third-order valence-corrected chi connectivity index (χ3v) is 6.63. The summed E-state index contributed by atoms with van der Waals surface area (Å²) in [4.78, 5) is 11.6. The van der Waals surface area contributed by atoms with Gasteiger partial charge < -0.3 is 23.3 Å². The fourth-order valence-electron chi connectivity index (χ4n) is 2.25. The van der Waals surface area contributed by atoms with Crippen molar-refractivity contribution in [3.63, 3.8) is 0 Å². The van der Waals surface area contributed by atoms with E-state index >= 15 is 0 Å². The molecule has 146 valence electrons. The monoisotopic (exact) mass is 373 g/mol. The standard InChI is InChI=1S/C18H35NO5Si/c1-16(2)10-7-11-17(3)12-8-14-24-18(20)19-13-9-15-25(21-4,22-5)23-6/h10,12H,7-9,11,13-15H2,1-6H3,(H,19,20). The molecule has 0 unspecified atom stereocenters. The minimum absolute atomic E-state index is 0.388. The van der Waals surface area contributed by atoms with Crippen LogP contribution in [0.3, 0.4) is 0 Å². The molecular weight excluding hydrogens is 338 g/mol. The third-order valence-electron chi connectivity index (χ3n) is 3.80. The predicted octanol–water partition coefficient (Wildman–Crippen LogP) is 4.06. The highest BCUT2D eigenvalue weighted by atomic mass is 28.4. The van der Waals surface area contributed by atoms with E-state index in [1.54, 1.807) is 21.3 Å². The number of carbonyl (C=O) groups is 1. The Morgan fingerprint density at radius 1 is 1.00 bits per heavy atom. The molecular formula is C18H35NO5Si. The molecule has 0 saturated carbocycles. The molecule has 0 aromatic heterocycles. The van der Waals surface area contributed by atoms with Crippen molar-refractivity contribution in [2.24, 2.45) is 0 Å². The van der Waals surface area contributed by atoms with Gasteiger partial charge >= 0.3 is 14.9 Å². The van der Waals surface area contributed by atoms with Crippen molar-refractivity contribution in [1.29, 1.82) is 0 Å². The molecule has 25 heavy (non-hydrogen) atoms. The molecule has 1 amide bonds. The lowest BCUT2D eigenvalue weighted by atomic mass is 10.1. The Labute approximate surface area is 153 Å². The Morgan fingerprint density at radius 3 is 2.20 bits per heavy atom. The summed E-state index contributed by atoms with van der Waals surface area (Å²) >= 11 is 0. The van der Waals surface area contributed by atoms with E-state index in [1.807, 2.05) is 0 Å². The van der Waals surface area contributed by atoms with Gasteiger partial charge in [-0.05, 0) is 46.5 Å². The molecule has 0 spiro atoms. The number of rotatable bonds is 13. The highest BCUT2D eigenvalue weighted by molar-refractivity contribution is 6.60. The minimum atomic E-state index is -2.56. The van der Waals surface area contributed by atoms with Gasteiger partial charge in [0.2, 0.25) is 0 Å². The molecule has 6 nitrogen and oxygen atoms in total. The molecule has 0 aliphatic heterocycles. The maximum atomic E-state index is 11.6. The van der Waals surface area contributed by atoms with Crippen LogP contribution < -0.4 is 5.32 Å². The first-order valence-electron chi connectivity index (χ1n) is 8.74. The number of allylic oxidation sites excluding steroid dienone is 3. The van der Waals surface area contributed by atoms with Crippen molar-refractivity contribution in [2.45, 2.75) is 52.5 Å². The van der Waals surface area contributed by atoms with Crippen LogP contribution in [0.2, 0.25) is 6.04 Å². The Hall–Kier alpha value is -1.15. The molecule has 0 fully saturated rings. The molecule has 0 radical (unpaired) electrons. The molecule has 7 heteroatoms. The Kier molecular flexibility index (Phi) is 13.4. The maximum absolute atomic E-state index is 11.6. The van der Waals surface area contributed by atoms with Gasteiger partial charge in [-0.15, -0.1) is 0 Å². The van der Waals surface area contributed by atoms with Crippen LogP contribution in [0, 0.1) is 0 Å². The number of hydrogen-bond acceptors (Lipinski definition) is 5. The topological polar surface area (TPSA) is 66.0 Å². The zero-order valence-electron chi connectivity index (χ0n) is 16.6. The summed E-state index contributed by atoms with van der Waals surface area (Å²) in [6.07, 6.45) is 7.51. The van der Waals surface area contributed by atoms with Gasteiger partial charge in [0.05, 0.1) is 6.61 Å². The molecule has 0 rings (SSSR count). The first kappa shape index (κ1) is 23.8. The zero-order chi connectivity index (χ0) is 19.1. The predicted molar refractivity (Wildman–Crippen MR) is 103 cm³/mol. The lowest BCUT2D eigenvalue weighted by Crippen LogP contribution is -2.43. The highest BCUT2D eigenvalue weighted by Gasteiger charge is 2.36.